The van der Waals surface area contributed by atoms with E-state index in [1.165, 1.54) is 60.7 Å². The maximum Gasteiger partial charge on any atom is 0.160 e. The molecule has 2 heterocycles. The van der Waals surface area contributed by atoms with E-state index in [1.54, 1.807) is 6.20 Å². The number of nitrogens with zero attached hydrogens (tertiary/aromatic N) is 3. The average molecular weight is 754 g/mol. The highest BCUT2D eigenvalue weighted by Gasteiger charge is 2.37. The smallest absolute Gasteiger partial charge is 0.160 e. The molecular formula is C56H39N3. The lowest BCUT2D eigenvalue weighted by atomic mass is 9.79. The van der Waals surface area contributed by atoms with Gasteiger partial charge in [-0.05, 0) is 101 Å². The van der Waals surface area contributed by atoms with Crippen LogP contribution in [0.5, 0.6) is 0 Å². The molecule has 0 bridgehead atoms. The van der Waals surface area contributed by atoms with Crippen molar-refractivity contribution >= 4 is 21.5 Å². The molecule has 0 radical (unpaired) electrons. The summed E-state index contributed by atoms with van der Waals surface area (Å²) in [5.74, 6) is 0.698. The molecule has 3 heteroatoms. The Hall–Kier alpha value is -7.49. The predicted molar refractivity (Wildman–Crippen MR) is 245 cm³/mol. The second kappa shape index (κ2) is 13.9. The summed E-state index contributed by atoms with van der Waals surface area (Å²) in [5.41, 5.74) is 17.2. The fourth-order valence-electron chi connectivity index (χ4n) is 9.24. The molecule has 0 unspecified atom stereocenters. The summed E-state index contributed by atoms with van der Waals surface area (Å²) < 4.78 is 0. The standard InChI is InChI=1S/C56H39N3/c1-56(2)51-33-41(26-27-48(51)50-28-25-37-12-6-7-18-45(37)54(50)56)40-15-10-16-42(32-40)44-29-30-49(47-20-9-8-19-46(44)47)53-34-52(58-55(59-53)39-13-4-3-5-14-39)38-23-21-36(22-24-38)43-17-11-31-57-35-43/h3-35H,1-2H3. The highest BCUT2D eigenvalue weighted by Crippen LogP contribution is 2.52. The Morgan fingerprint density at radius 2 is 0.983 bits per heavy atom. The summed E-state index contributed by atoms with van der Waals surface area (Å²) in [6.07, 6.45) is 3.69. The molecule has 0 spiro atoms. The molecule has 0 N–H and O–H groups in total. The van der Waals surface area contributed by atoms with Gasteiger partial charge in [-0.25, -0.2) is 9.97 Å². The van der Waals surface area contributed by atoms with E-state index in [-0.39, 0.29) is 5.41 Å². The van der Waals surface area contributed by atoms with E-state index < -0.39 is 0 Å². The second-order valence-electron chi connectivity index (χ2n) is 16.0. The van der Waals surface area contributed by atoms with Gasteiger partial charge in [0.25, 0.3) is 0 Å². The van der Waals surface area contributed by atoms with Crippen LogP contribution in [0.2, 0.25) is 0 Å². The number of hydrogen-bond donors (Lipinski definition) is 0. The molecule has 0 amide bonds. The first-order valence-corrected chi connectivity index (χ1v) is 20.2. The molecular weight excluding hydrogens is 715 g/mol. The van der Waals surface area contributed by atoms with Gasteiger partial charge in [0.1, 0.15) is 0 Å². The summed E-state index contributed by atoms with van der Waals surface area (Å²) in [6.45, 7) is 4.75. The van der Waals surface area contributed by atoms with Gasteiger partial charge in [0, 0.05) is 34.5 Å². The van der Waals surface area contributed by atoms with Gasteiger partial charge in [0.15, 0.2) is 5.82 Å². The predicted octanol–water partition coefficient (Wildman–Crippen LogP) is 14.5. The molecule has 2 aromatic heterocycles. The summed E-state index contributed by atoms with van der Waals surface area (Å²) in [6, 6.07) is 67.6. The number of rotatable bonds is 6. The van der Waals surface area contributed by atoms with Gasteiger partial charge in [0.2, 0.25) is 0 Å². The SMILES string of the molecule is CC1(C)c2cc(-c3cccc(-c4ccc(-c5cc(-c6ccc(-c7cccnc7)cc6)nc(-c6ccccc6)n5)c5ccccc45)c3)ccc2-c2ccc3ccccc3c21. The Labute approximate surface area is 344 Å². The van der Waals surface area contributed by atoms with Crippen LogP contribution >= 0.6 is 0 Å². The summed E-state index contributed by atoms with van der Waals surface area (Å²) >= 11 is 0. The van der Waals surface area contributed by atoms with Crippen LogP contribution in [0.1, 0.15) is 25.0 Å². The lowest BCUT2D eigenvalue weighted by molar-refractivity contribution is 0.666. The van der Waals surface area contributed by atoms with E-state index in [0.29, 0.717) is 5.82 Å². The van der Waals surface area contributed by atoms with E-state index in [4.69, 9.17) is 9.97 Å². The number of aromatic nitrogens is 3. The summed E-state index contributed by atoms with van der Waals surface area (Å²) in [5, 5.41) is 4.97. The lowest BCUT2D eigenvalue weighted by Crippen LogP contribution is -2.15. The normalized spacial score (nSPS) is 12.7. The van der Waals surface area contributed by atoms with E-state index in [0.717, 1.165) is 44.6 Å². The monoisotopic (exact) mass is 753 g/mol. The van der Waals surface area contributed by atoms with Crippen LogP contribution in [0.15, 0.2) is 200 Å². The Morgan fingerprint density at radius 1 is 0.373 bits per heavy atom. The fourth-order valence-corrected chi connectivity index (χ4v) is 9.24. The average Bonchev–Trinajstić information content (AvgIpc) is 3.54. The Morgan fingerprint density at radius 3 is 1.80 bits per heavy atom. The molecule has 1 aliphatic carbocycles. The highest BCUT2D eigenvalue weighted by molar-refractivity contribution is 6.05. The Balaban J connectivity index is 0.991. The van der Waals surface area contributed by atoms with Crippen molar-refractivity contribution in [2.24, 2.45) is 0 Å². The first kappa shape index (κ1) is 34.7. The molecule has 1 aliphatic rings. The third kappa shape index (κ3) is 5.94. The molecule has 0 saturated carbocycles. The first-order chi connectivity index (χ1) is 29.0. The van der Waals surface area contributed by atoms with Gasteiger partial charge < -0.3 is 0 Å². The zero-order chi connectivity index (χ0) is 39.5. The third-order valence-electron chi connectivity index (χ3n) is 12.2. The zero-order valence-corrected chi connectivity index (χ0v) is 32.9. The first-order valence-electron chi connectivity index (χ1n) is 20.2. The maximum absolute atomic E-state index is 5.22. The largest absolute Gasteiger partial charge is 0.264 e. The van der Waals surface area contributed by atoms with Gasteiger partial charge >= 0.3 is 0 Å². The van der Waals surface area contributed by atoms with Gasteiger partial charge in [-0.15, -0.1) is 0 Å². The van der Waals surface area contributed by atoms with Crippen molar-refractivity contribution in [3.63, 3.8) is 0 Å². The molecule has 278 valence electrons. The van der Waals surface area contributed by atoms with E-state index >= 15 is 0 Å². The van der Waals surface area contributed by atoms with Crippen molar-refractivity contribution < 1.29 is 0 Å². The highest BCUT2D eigenvalue weighted by atomic mass is 14.9. The molecule has 0 aliphatic heterocycles. The van der Waals surface area contributed by atoms with Crippen molar-refractivity contribution in [3.05, 3.63) is 212 Å². The van der Waals surface area contributed by atoms with Crippen molar-refractivity contribution in [2.45, 2.75) is 19.3 Å². The number of hydrogen-bond acceptors (Lipinski definition) is 3. The quantitative estimate of drug-likeness (QED) is 0.170. The van der Waals surface area contributed by atoms with Crippen LogP contribution in [0.4, 0.5) is 0 Å². The van der Waals surface area contributed by atoms with Crippen molar-refractivity contribution in [1.29, 1.82) is 0 Å². The van der Waals surface area contributed by atoms with Gasteiger partial charge in [0.05, 0.1) is 11.4 Å². The third-order valence-corrected chi connectivity index (χ3v) is 12.2. The second-order valence-corrected chi connectivity index (χ2v) is 16.0. The van der Waals surface area contributed by atoms with Crippen molar-refractivity contribution in [3.8, 4) is 78.4 Å². The van der Waals surface area contributed by atoms with Gasteiger partial charge in [-0.2, -0.15) is 0 Å². The van der Waals surface area contributed by atoms with Crippen LogP contribution in [-0.2, 0) is 5.41 Å². The molecule has 8 aromatic carbocycles. The van der Waals surface area contributed by atoms with Crippen LogP contribution in [0.25, 0.3) is 100.0 Å². The van der Waals surface area contributed by atoms with Crippen molar-refractivity contribution in [2.75, 3.05) is 0 Å². The number of benzene rings is 8. The van der Waals surface area contributed by atoms with E-state index in [1.807, 2.05) is 30.5 Å². The van der Waals surface area contributed by atoms with Crippen LogP contribution in [0.3, 0.4) is 0 Å². The molecule has 3 nitrogen and oxygen atoms in total. The topological polar surface area (TPSA) is 38.7 Å². The molecule has 0 atom stereocenters. The number of fused-ring (bicyclic) bond motifs is 6. The zero-order valence-electron chi connectivity index (χ0n) is 32.9. The van der Waals surface area contributed by atoms with Crippen LogP contribution in [-0.4, -0.2) is 15.0 Å². The van der Waals surface area contributed by atoms with Crippen molar-refractivity contribution in [1.82, 2.24) is 15.0 Å². The molecule has 11 rings (SSSR count). The Bertz CT molecular complexity index is 3220. The van der Waals surface area contributed by atoms with Gasteiger partial charge in [-0.1, -0.05) is 178 Å². The van der Waals surface area contributed by atoms with Crippen LogP contribution < -0.4 is 0 Å². The van der Waals surface area contributed by atoms with Gasteiger partial charge in [-0.3, -0.25) is 4.98 Å². The maximum atomic E-state index is 5.22. The van der Waals surface area contributed by atoms with Crippen LogP contribution in [0, 0.1) is 0 Å². The fraction of sp³-hybridized carbons (Fsp3) is 0.0536. The molecule has 59 heavy (non-hydrogen) atoms. The van der Waals surface area contributed by atoms with E-state index in [2.05, 4.69) is 183 Å². The molecule has 0 saturated heterocycles. The minimum Gasteiger partial charge on any atom is -0.264 e. The minimum atomic E-state index is -0.115. The minimum absolute atomic E-state index is 0.115. The van der Waals surface area contributed by atoms with E-state index in [9.17, 15) is 0 Å². The summed E-state index contributed by atoms with van der Waals surface area (Å²) in [7, 11) is 0. The summed E-state index contributed by atoms with van der Waals surface area (Å²) in [4.78, 5) is 14.7. The lowest BCUT2D eigenvalue weighted by Gasteiger charge is -2.23. The molecule has 10 aromatic rings. The molecule has 0 fully saturated rings. The Kier molecular flexibility index (Phi) is 8.16. The number of pyridine rings is 1.